The number of anilines is 3. The average molecular weight is 644 g/mol. The topological polar surface area (TPSA) is 16.4 Å². The lowest BCUT2D eigenvalue weighted by molar-refractivity contribution is 0.660. The van der Waals surface area contributed by atoms with Gasteiger partial charge in [0.15, 0.2) is 0 Å². The van der Waals surface area contributed by atoms with Crippen molar-refractivity contribution >= 4 is 39.0 Å². The molecule has 0 atom stereocenters. The minimum absolute atomic E-state index is 0.0627. The van der Waals surface area contributed by atoms with Crippen LogP contribution in [0.3, 0.4) is 0 Å². The molecule has 0 N–H and O–H groups in total. The van der Waals surface area contributed by atoms with Crippen LogP contribution < -0.4 is 4.90 Å². The van der Waals surface area contributed by atoms with Crippen LogP contribution in [0.15, 0.2) is 156 Å². The number of hydrogen-bond donors (Lipinski definition) is 0. The highest BCUT2D eigenvalue weighted by molar-refractivity contribution is 6.06. The van der Waals surface area contributed by atoms with E-state index in [1.54, 1.807) is 0 Å². The number of hydrogen-bond acceptors (Lipinski definition) is 2. The predicted octanol–water partition coefficient (Wildman–Crippen LogP) is 13.3. The highest BCUT2D eigenvalue weighted by atomic mass is 16.3. The molecule has 50 heavy (non-hydrogen) atoms. The van der Waals surface area contributed by atoms with Gasteiger partial charge in [-0.25, -0.2) is 0 Å². The van der Waals surface area contributed by atoms with Gasteiger partial charge in [-0.2, -0.15) is 0 Å². The SMILES string of the molecule is CC1(C)c2ccccc2-c2cc(N(c3ccccc3-c3ccc4c(c3)oc3ccccc34)c3cccc4c3C(C)(C)c3ccccc3-4)ccc21. The second kappa shape index (κ2) is 10.3. The first kappa shape index (κ1) is 29.1. The van der Waals surface area contributed by atoms with Crippen molar-refractivity contribution in [3.05, 3.63) is 174 Å². The molecule has 10 rings (SSSR count). The van der Waals surface area contributed by atoms with Crippen molar-refractivity contribution < 1.29 is 4.42 Å². The van der Waals surface area contributed by atoms with E-state index in [0.717, 1.165) is 44.4 Å². The van der Waals surface area contributed by atoms with Gasteiger partial charge in [0.25, 0.3) is 0 Å². The maximum atomic E-state index is 6.40. The van der Waals surface area contributed by atoms with E-state index in [-0.39, 0.29) is 10.8 Å². The highest BCUT2D eigenvalue weighted by Gasteiger charge is 2.40. The Morgan fingerprint density at radius 3 is 1.84 bits per heavy atom. The molecule has 2 heteroatoms. The van der Waals surface area contributed by atoms with Crippen molar-refractivity contribution in [1.82, 2.24) is 0 Å². The molecule has 2 aliphatic carbocycles. The van der Waals surface area contributed by atoms with Gasteiger partial charge < -0.3 is 9.32 Å². The van der Waals surface area contributed by atoms with Crippen LogP contribution in [0.1, 0.15) is 49.9 Å². The van der Waals surface area contributed by atoms with Gasteiger partial charge in [-0.15, -0.1) is 0 Å². The monoisotopic (exact) mass is 643 g/mol. The summed E-state index contributed by atoms with van der Waals surface area (Å²) in [6.45, 7) is 9.45. The van der Waals surface area contributed by atoms with Crippen LogP contribution in [-0.4, -0.2) is 0 Å². The number of benzene rings is 7. The fourth-order valence-corrected chi connectivity index (χ4v) is 9.07. The molecule has 0 fully saturated rings. The van der Waals surface area contributed by atoms with Crippen molar-refractivity contribution in [3.63, 3.8) is 0 Å². The van der Waals surface area contributed by atoms with Crippen LogP contribution in [-0.2, 0) is 10.8 Å². The standard InChI is InChI=1S/C48H37NO/c1-47(2)39-19-9-6-16-34(39)38-29-31(25-27-41(38)47)49(43-22-13-18-37-33-15-5-10-20-40(33)48(3,4)46(37)43)42-21-11-7-14-32(42)30-24-26-36-35-17-8-12-23-44(35)50-45(36)28-30/h5-29H,1-4H3. The minimum Gasteiger partial charge on any atom is -0.456 e. The van der Waals surface area contributed by atoms with Gasteiger partial charge in [0.05, 0.1) is 11.4 Å². The summed E-state index contributed by atoms with van der Waals surface area (Å²) in [6, 6.07) is 55.6. The van der Waals surface area contributed by atoms with E-state index in [1.807, 2.05) is 12.1 Å². The van der Waals surface area contributed by atoms with Gasteiger partial charge in [-0.1, -0.05) is 137 Å². The molecule has 8 aromatic rings. The maximum absolute atomic E-state index is 6.40. The van der Waals surface area contributed by atoms with Gasteiger partial charge in [0.1, 0.15) is 11.2 Å². The summed E-state index contributed by atoms with van der Waals surface area (Å²) in [6.07, 6.45) is 0. The maximum Gasteiger partial charge on any atom is 0.136 e. The van der Waals surface area contributed by atoms with E-state index >= 15 is 0 Å². The third kappa shape index (κ3) is 3.96. The zero-order valence-electron chi connectivity index (χ0n) is 28.8. The number of furan rings is 1. The zero-order valence-corrected chi connectivity index (χ0v) is 28.8. The van der Waals surface area contributed by atoms with Crippen molar-refractivity contribution in [2.45, 2.75) is 38.5 Å². The summed E-state index contributed by atoms with van der Waals surface area (Å²) >= 11 is 0. The van der Waals surface area contributed by atoms with Gasteiger partial charge in [0.2, 0.25) is 0 Å². The van der Waals surface area contributed by atoms with Crippen molar-refractivity contribution in [1.29, 1.82) is 0 Å². The van der Waals surface area contributed by atoms with Gasteiger partial charge in [-0.05, 0) is 92.5 Å². The van der Waals surface area contributed by atoms with Crippen LogP contribution in [0.2, 0.25) is 0 Å². The van der Waals surface area contributed by atoms with E-state index in [1.165, 1.54) is 50.2 Å². The van der Waals surface area contributed by atoms with E-state index in [0.29, 0.717) is 0 Å². The molecule has 2 aliphatic rings. The van der Waals surface area contributed by atoms with E-state index in [9.17, 15) is 0 Å². The summed E-state index contributed by atoms with van der Waals surface area (Å²) in [4.78, 5) is 2.51. The number of fused-ring (bicyclic) bond motifs is 9. The van der Waals surface area contributed by atoms with Crippen LogP contribution >= 0.6 is 0 Å². The van der Waals surface area contributed by atoms with Gasteiger partial charge in [-0.3, -0.25) is 0 Å². The lowest BCUT2D eigenvalue weighted by Gasteiger charge is -2.33. The third-order valence-corrected chi connectivity index (χ3v) is 11.5. The molecule has 0 radical (unpaired) electrons. The molecule has 0 bridgehead atoms. The summed E-state index contributed by atoms with van der Waals surface area (Å²) in [5.41, 5.74) is 18.1. The molecule has 1 aromatic heterocycles. The lowest BCUT2D eigenvalue weighted by atomic mass is 9.81. The van der Waals surface area contributed by atoms with Crippen LogP contribution in [0, 0.1) is 0 Å². The number of para-hydroxylation sites is 2. The molecular formula is C48H37NO. The Hall–Kier alpha value is -5.86. The Bertz CT molecular complexity index is 2670. The quantitative estimate of drug-likeness (QED) is 0.190. The molecule has 2 nitrogen and oxygen atoms in total. The van der Waals surface area contributed by atoms with E-state index in [2.05, 4.69) is 172 Å². The summed E-state index contributed by atoms with van der Waals surface area (Å²) < 4.78 is 6.40. The zero-order chi connectivity index (χ0) is 33.8. The van der Waals surface area contributed by atoms with Crippen LogP contribution in [0.4, 0.5) is 17.1 Å². The lowest BCUT2D eigenvalue weighted by Crippen LogP contribution is -2.21. The normalized spacial score (nSPS) is 14.7. The molecule has 0 saturated carbocycles. The highest BCUT2D eigenvalue weighted by Crippen LogP contribution is 2.56. The fraction of sp³-hybridized carbons (Fsp3) is 0.125. The summed E-state index contributed by atoms with van der Waals surface area (Å²) in [7, 11) is 0. The third-order valence-electron chi connectivity index (χ3n) is 11.5. The molecule has 0 amide bonds. The Labute approximate surface area is 293 Å². The molecule has 0 aliphatic heterocycles. The molecule has 1 heterocycles. The fourth-order valence-electron chi connectivity index (χ4n) is 9.07. The Balaban J connectivity index is 1.24. The molecule has 7 aromatic carbocycles. The van der Waals surface area contributed by atoms with Crippen LogP contribution in [0.5, 0.6) is 0 Å². The molecular weight excluding hydrogens is 607 g/mol. The average Bonchev–Trinajstić information content (AvgIpc) is 3.72. The molecule has 240 valence electrons. The van der Waals surface area contributed by atoms with Crippen LogP contribution in [0.25, 0.3) is 55.3 Å². The number of nitrogens with zero attached hydrogens (tertiary/aromatic N) is 1. The summed E-state index contributed by atoms with van der Waals surface area (Å²) in [5.74, 6) is 0. The van der Waals surface area contributed by atoms with Gasteiger partial charge >= 0.3 is 0 Å². The Morgan fingerprint density at radius 1 is 0.420 bits per heavy atom. The Kier molecular flexibility index (Phi) is 6.01. The first-order chi connectivity index (χ1) is 24.3. The first-order valence-corrected chi connectivity index (χ1v) is 17.6. The molecule has 0 saturated heterocycles. The first-order valence-electron chi connectivity index (χ1n) is 17.6. The number of rotatable bonds is 4. The Morgan fingerprint density at radius 2 is 1.02 bits per heavy atom. The smallest absolute Gasteiger partial charge is 0.136 e. The van der Waals surface area contributed by atoms with Crippen molar-refractivity contribution in [2.24, 2.45) is 0 Å². The largest absolute Gasteiger partial charge is 0.456 e. The molecule has 0 spiro atoms. The van der Waals surface area contributed by atoms with E-state index in [4.69, 9.17) is 4.42 Å². The minimum atomic E-state index is -0.186. The van der Waals surface area contributed by atoms with E-state index < -0.39 is 0 Å². The second-order valence-corrected chi connectivity index (χ2v) is 14.9. The second-order valence-electron chi connectivity index (χ2n) is 14.9. The summed E-state index contributed by atoms with van der Waals surface area (Å²) in [5, 5.41) is 2.28. The van der Waals surface area contributed by atoms with Crippen molar-refractivity contribution in [3.8, 4) is 33.4 Å². The van der Waals surface area contributed by atoms with Crippen molar-refractivity contribution in [2.75, 3.05) is 4.90 Å². The van der Waals surface area contributed by atoms with Gasteiger partial charge in [0, 0.05) is 32.9 Å². The predicted molar refractivity (Wildman–Crippen MR) is 209 cm³/mol. The molecule has 0 unspecified atom stereocenters.